The van der Waals surface area contributed by atoms with Gasteiger partial charge in [0.25, 0.3) is 5.91 Å². The van der Waals surface area contributed by atoms with Crippen LogP contribution in [0.25, 0.3) is 0 Å². The van der Waals surface area contributed by atoms with Crippen LogP contribution in [0.4, 0.5) is 13.2 Å². The number of rotatable bonds is 8. The van der Waals surface area contributed by atoms with E-state index in [0.29, 0.717) is 12.1 Å². The van der Waals surface area contributed by atoms with Gasteiger partial charge in [-0.05, 0) is 5.56 Å². The molecule has 3 rings (SSSR count). The lowest BCUT2D eigenvalue weighted by atomic mass is 10.0. The van der Waals surface area contributed by atoms with Crippen molar-refractivity contribution in [3.63, 3.8) is 0 Å². The first kappa shape index (κ1) is 23.0. The minimum Gasteiger partial charge on any atom is -0.480 e. The number of halogens is 3. The minimum absolute atomic E-state index is 0.00283. The lowest BCUT2D eigenvalue weighted by Crippen LogP contribution is -2.80. The number of benzene rings is 2. The molecule has 3 N–H and O–H groups in total. The average Bonchev–Trinajstić information content (AvgIpc) is 2.77. The van der Waals surface area contributed by atoms with E-state index in [4.69, 9.17) is 4.74 Å². The second kappa shape index (κ2) is 10.1. The summed E-state index contributed by atoms with van der Waals surface area (Å²) in [5, 5.41) is 3.55. The molecule has 166 valence electrons. The second-order valence-electron chi connectivity index (χ2n) is 6.90. The molecule has 0 unspecified atom stereocenters. The van der Waals surface area contributed by atoms with Crippen molar-refractivity contribution in [3.05, 3.63) is 94.3 Å². The van der Waals surface area contributed by atoms with Crippen LogP contribution >= 0.6 is 0 Å². The summed E-state index contributed by atoms with van der Waals surface area (Å²) >= 11 is 0. The van der Waals surface area contributed by atoms with Crippen LogP contribution in [0, 0.1) is 17.5 Å². The molecule has 0 spiro atoms. The van der Waals surface area contributed by atoms with Crippen molar-refractivity contribution in [3.8, 4) is 0 Å². The van der Waals surface area contributed by atoms with E-state index in [1.165, 1.54) is 5.32 Å². The third kappa shape index (κ3) is 5.12. The number of hydrogen-bond acceptors (Lipinski definition) is 4. The Hall–Kier alpha value is -3.72. The molecule has 0 atom stereocenters. The lowest BCUT2D eigenvalue weighted by Gasteiger charge is -2.17. The molecule has 0 aliphatic carbocycles. The Kier molecular flexibility index (Phi) is 7.21. The number of nitrogens with one attached hydrogen (secondary N) is 1. The molecule has 6 nitrogen and oxygen atoms in total. The van der Waals surface area contributed by atoms with Crippen LogP contribution in [0.2, 0.25) is 0 Å². The Morgan fingerprint density at radius 3 is 2.34 bits per heavy atom. The van der Waals surface area contributed by atoms with E-state index in [1.54, 1.807) is 31.2 Å². The summed E-state index contributed by atoms with van der Waals surface area (Å²) < 4.78 is 46.3. The fraction of sp³-hybridized carbons (Fsp3) is 0.174. The summed E-state index contributed by atoms with van der Waals surface area (Å²) in [6.07, 6.45) is 1.28. The third-order valence-corrected chi connectivity index (χ3v) is 4.74. The molecule has 0 bridgehead atoms. The van der Waals surface area contributed by atoms with Crippen molar-refractivity contribution in [2.24, 2.45) is 0 Å². The summed E-state index contributed by atoms with van der Waals surface area (Å²) in [5.74, 6) is -5.77. The van der Waals surface area contributed by atoms with Gasteiger partial charge in [0.2, 0.25) is 23.0 Å². The monoisotopic (exact) mass is 445 g/mol. The maximum Gasteiger partial charge on any atom is 0.261 e. The number of nitrogens with two attached hydrogens (primary N) is 1. The van der Waals surface area contributed by atoms with Gasteiger partial charge in [0.1, 0.15) is 35.8 Å². The maximum atomic E-state index is 13.8. The van der Waals surface area contributed by atoms with Gasteiger partial charge in [-0.25, -0.2) is 13.2 Å². The minimum atomic E-state index is -1.17. The molecule has 2 aromatic carbocycles. The molecule has 9 heteroatoms. The van der Waals surface area contributed by atoms with Gasteiger partial charge in [0.05, 0.1) is 0 Å². The molecule has 0 saturated heterocycles. The molecule has 1 aliphatic rings. The van der Waals surface area contributed by atoms with E-state index < -0.39 is 41.3 Å². The van der Waals surface area contributed by atoms with E-state index in [2.05, 4.69) is 5.32 Å². The summed E-state index contributed by atoms with van der Waals surface area (Å²) in [4.78, 5) is 37.7. The molecule has 0 radical (unpaired) electrons. The average molecular weight is 445 g/mol. The zero-order valence-corrected chi connectivity index (χ0v) is 17.1. The summed E-state index contributed by atoms with van der Waals surface area (Å²) in [5.41, 5.74) is -0.117. The molecule has 1 amide bonds. The Morgan fingerprint density at radius 2 is 1.72 bits per heavy atom. The highest BCUT2D eigenvalue weighted by atomic mass is 19.1. The van der Waals surface area contributed by atoms with Crippen molar-refractivity contribution in [1.82, 2.24) is 5.32 Å². The van der Waals surface area contributed by atoms with E-state index in [-0.39, 0.29) is 35.8 Å². The normalized spacial score (nSPS) is 13.6. The van der Waals surface area contributed by atoms with Gasteiger partial charge < -0.3 is 10.1 Å². The molecular formula is C23H20F3N2O4+. The van der Waals surface area contributed by atoms with Crippen LogP contribution in [-0.2, 0) is 32.3 Å². The largest absolute Gasteiger partial charge is 0.480 e. The van der Waals surface area contributed by atoms with Gasteiger partial charge in [-0.1, -0.05) is 37.3 Å². The van der Waals surface area contributed by atoms with Gasteiger partial charge >= 0.3 is 0 Å². The van der Waals surface area contributed by atoms with Crippen molar-refractivity contribution in [2.45, 2.75) is 26.5 Å². The lowest BCUT2D eigenvalue weighted by molar-refractivity contribution is -0.532. The molecule has 1 heterocycles. The first-order valence-electron chi connectivity index (χ1n) is 9.77. The zero-order valence-electron chi connectivity index (χ0n) is 17.1. The van der Waals surface area contributed by atoms with E-state index in [0.717, 1.165) is 11.8 Å². The molecule has 32 heavy (non-hydrogen) atoms. The van der Waals surface area contributed by atoms with Crippen molar-refractivity contribution < 1.29 is 37.6 Å². The smallest absolute Gasteiger partial charge is 0.261 e. The summed E-state index contributed by atoms with van der Waals surface area (Å²) in [7, 11) is 0. The van der Waals surface area contributed by atoms with Gasteiger partial charge in [0.15, 0.2) is 0 Å². The van der Waals surface area contributed by atoms with Crippen LogP contribution in [0.3, 0.4) is 0 Å². The molecule has 0 fully saturated rings. The molecule has 0 saturated carbocycles. The standard InChI is InChI=1S/C23H19F3N2O4/c1-2-19(29)20-22(32-12-13-6-4-3-5-7-13)21(30)16(11-27-20)23(31)28-10-15-17(25)8-14(24)9-18(15)26/h3-9,11H,2,10,12H2,1H3,(H,27,30)(H,28,31)/p+1. The summed E-state index contributed by atoms with van der Waals surface area (Å²) in [6.45, 7) is 1.02. The number of carbonyl (C=O) groups is 3. The SMILES string of the molecule is CCC(=O)C1=C(OCc2ccccc2)C(=O)C(C(=O)NCc2c(F)cc(F)cc2F)=C[NH2+]1. The quantitative estimate of drug-likeness (QED) is 0.610. The first-order chi connectivity index (χ1) is 15.3. The maximum absolute atomic E-state index is 13.8. The van der Waals surface area contributed by atoms with Crippen molar-refractivity contribution in [1.29, 1.82) is 0 Å². The number of hydrogen-bond donors (Lipinski definition) is 2. The van der Waals surface area contributed by atoms with E-state index >= 15 is 0 Å². The van der Waals surface area contributed by atoms with Gasteiger partial charge in [0, 0.05) is 30.7 Å². The third-order valence-electron chi connectivity index (χ3n) is 4.74. The predicted octanol–water partition coefficient (Wildman–Crippen LogP) is 2.16. The fourth-order valence-corrected chi connectivity index (χ4v) is 3.03. The van der Waals surface area contributed by atoms with Gasteiger partial charge in [-0.2, -0.15) is 0 Å². The Morgan fingerprint density at radius 1 is 1.06 bits per heavy atom. The highest BCUT2D eigenvalue weighted by Crippen LogP contribution is 2.18. The number of ether oxygens (including phenoxy) is 1. The fourth-order valence-electron chi connectivity index (χ4n) is 3.03. The van der Waals surface area contributed by atoms with E-state index in [9.17, 15) is 27.6 Å². The van der Waals surface area contributed by atoms with Crippen LogP contribution in [0.1, 0.15) is 24.5 Å². The van der Waals surface area contributed by atoms with Gasteiger partial charge in [-0.3, -0.25) is 19.7 Å². The molecule has 2 aromatic rings. The zero-order chi connectivity index (χ0) is 23.3. The van der Waals surface area contributed by atoms with Crippen LogP contribution in [0.15, 0.2) is 65.7 Å². The number of carbonyl (C=O) groups excluding carboxylic acids is 3. The number of ketones is 2. The van der Waals surface area contributed by atoms with Crippen LogP contribution in [-0.4, -0.2) is 17.5 Å². The number of amides is 1. The predicted molar refractivity (Wildman–Crippen MR) is 107 cm³/mol. The number of Topliss-reactive ketones (excluding diaryl/α,β-unsaturated/α-hetero) is 2. The molecule has 0 aromatic heterocycles. The van der Waals surface area contributed by atoms with Crippen LogP contribution in [0.5, 0.6) is 0 Å². The Labute approximate surface area is 181 Å². The first-order valence-corrected chi connectivity index (χ1v) is 9.77. The molecular weight excluding hydrogens is 425 g/mol. The Bertz CT molecular complexity index is 1100. The van der Waals surface area contributed by atoms with Crippen LogP contribution < -0.4 is 10.6 Å². The number of allylic oxidation sites excluding steroid dienone is 2. The van der Waals surface area contributed by atoms with Gasteiger partial charge in [-0.15, -0.1) is 0 Å². The Balaban J connectivity index is 1.76. The van der Waals surface area contributed by atoms with E-state index in [1.807, 2.05) is 6.07 Å². The highest BCUT2D eigenvalue weighted by molar-refractivity contribution is 6.26. The summed E-state index contributed by atoms with van der Waals surface area (Å²) in [6, 6.07) is 9.90. The van der Waals surface area contributed by atoms with Crippen molar-refractivity contribution >= 4 is 17.5 Å². The van der Waals surface area contributed by atoms with Crippen molar-refractivity contribution in [2.75, 3.05) is 0 Å². The number of quaternary nitrogens is 1. The molecule has 1 aliphatic heterocycles. The highest BCUT2D eigenvalue weighted by Gasteiger charge is 2.35. The topological polar surface area (TPSA) is 89.1 Å². The second-order valence-corrected chi connectivity index (χ2v) is 6.90.